The summed E-state index contributed by atoms with van der Waals surface area (Å²) in [5.74, 6) is 3.81. The lowest BCUT2D eigenvalue weighted by atomic mass is 9.54. The molecule has 1 aromatic carbocycles. The van der Waals surface area contributed by atoms with Gasteiger partial charge in [0.05, 0.1) is 0 Å². The van der Waals surface area contributed by atoms with Crippen LogP contribution in [0.25, 0.3) is 0 Å². The third-order valence-electron chi connectivity index (χ3n) is 8.58. The smallest absolute Gasteiger partial charge is 0.0128 e. The molecule has 138 valence electrons. The molecule has 0 N–H and O–H groups in total. The van der Waals surface area contributed by atoms with Crippen LogP contribution in [0.5, 0.6) is 0 Å². The highest BCUT2D eigenvalue weighted by molar-refractivity contribution is 5.38. The molecule has 1 aromatic rings. The lowest BCUT2D eigenvalue weighted by molar-refractivity contribution is 0.0336. The fraction of sp³-hybridized carbons (Fsp3) is 0.760. The first-order chi connectivity index (χ1) is 12.1. The van der Waals surface area contributed by atoms with E-state index in [0.717, 1.165) is 23.7 Å². The summed E-state index contributed by atoms with van der Waals surface area (Å²) in [6.45, 7) is 7.46. The van der Waals surface area contributed by atoms with E-state index in [0.29, 0.717) is 5.41 Å². The van der Waals surface area contributed by atoms with Crippen LogP contribution in [0.2, 0.25) is 0 Å². The first-order valence-corrected chi connectivity index (χ1v) is 11.2. The Morgan fingerprint density at radius 3 is 2.76 bits per heavy atom. The molecule has 0 heteroatoms. The van der Waals surface area contributed by atoms with Gasteiger partial charge in [-0.2, -0.15) is 0 Å². The highest BCUT2D eigenvalue weighted by Crippen LogP contribution is 2.62. The van der Waals surface area contributed by atoms with Crippen molar-refractivity contribution in [2.75, 3.05) is 0 Å². The van der Waals surface area contributed by atoms with Crippen LogP contribution in [0, 0.1) is 23.2 Å². The molecular weight excluding hydrogens is 300 g/mol. The molecule has 3 aliphatic carbocycles. The minimum absolute atomic E-state index is 0.651. The van der Waals surface area contributed by atoms with E-state index in [4.69, 9.17) is 0 Å². The van der Waals surface area contributed by atoms with Gasteiger partial charge in [0.2, 0.25) is 0 Å². The van der Waals surface area contributed by atoms with Crippen molar-refractivity contribution in [3.05, 3.63) is 34.9 Å². The molecule has 2 saturated carbocycles. The van der Waals surface area contributed by atoms with Crippen LogP contribution < -0.4 is 0 Å². The molecule has 5 atom stereocenters. The Hall–Kier alpha value is -0.780. The largest absolute Gasteiger partial charge is 0.0654 e. The summed E-state index contributed by atoms with van der Waals surface area (Å²) < 4.78 is 0. The Labute approximate surface area is 155 Å². The van der Waals surface area contributed by atoms with E-state index >= 15 is 0 Å². The van der Waals surface area contributed by atoms with Crippen LogP contribution in [0.1, 0.15) is 101 Å². The van der Waals surface area contributed by atoms with Gasteiger partial charge in [-0.15, -0.1) is 0 Å². The van der Waals surface area contributed by atoms with Gasteiger partial charge >= 0.3 is 0 Å². The Morgan fingerprint density at radius 1 is 1.04 bits per heavy atom. The number of aryl methyl sites for hydroxylation is 2. The molecule has 4 rings (SSSR count). The van der Waals surface area contributed by atoms with Gasteiger partial charge < -0.3 is 0 Å². The Bertz CT molecular complexity index is 600. The van der Waals surface area contributed by atoms with Crippen LogP contribution >= 0.6 is 0 Å². The normalized spacial score (nSPS) is 36.6. The highest BCUT2D eigenvalue weighted by atomic mass is 14.6. The van der Waals surface area contributed by atoms with Crippen molar-refractivity contribution >= 4 is 0 Å². The van der Waals surface area contributed by atoms with Crippen molar-refractivity contribution in [3.8, 4) is 0 Å². The van der Waals surface area contributed by atoms with Gasteiger partial charge in [0.1, 0.15) is 0 Å². The molecule has 0 amide bonds. The second-order valence-electron chi connectivity index (χ2n) is 9.78. The van der Waals surface area contributed by atoms with Gasteiger partial charge in [-0.3, -0.25) is 0 Å². The number of rotatable bonds is 5. The van der Waals surface area contributed by atoms with Crippen molar-refractivity contribution in [2.45, 2.75) is 97.3 Å². The predicted molar refractivity (Wildman–Crippen MR) is 108 cm³/mol. The fourth-order valence-corrected chi connectivity index (χ4v) is 6.81. The molecule has 25 heavy (non-hydrogen) atoms. The van der Waals surface area contributed by atoms with E-state index in [9.17, 15) is 0 Å². The van der Waals surface area contributed by atoms with Crippen LogP contribution in [0.4, 0.5) is 0 Å². The van der Waals surface area contributed by atoms with Crippen LogP contribution in [-0.4, -0.2) is 0 Å². The Morgan fingerprint density at radius 2 is 1.92 bits per heavy atom. The quantitative estimate of drug-likeness (QED) is 0.494. The SMILES string of the molecule is CCCCCCc1ccc2c(c1)CCC1C2CCC2(C)C(C)CCC12. The van der Waals surface area contributed by atoms with Crippen molar-refractivity contribution in [1.29, 1.82) is 0 Å². The summed E-state index contributed by atoms with van der Waals surface area (Å²) >= 11 is 0. The first kappa shape index (κ1) is 17.6. The molecule has 0 saturated heterocycles. The summed E-state index contributed by atoms with van der Waals surface area (Å²) in [6.07, 6.45) is 15.5. The molecular formula is C25H38. The van der Waals surface area contributed by atoms with Gasteiger partial charge in [0, 0.05) is 0 Å². The number of fused-ring (bicyclic) bond motifs is 5. The van der Waals surface area contributed by atoms with E-state index in [1.54, 1.807) is 16.7 Å². The van der Waals surface area contributed by atoms with E-state index < -0.39 is 0 Å². The zero-order chi connectivity index (χ0) is 17.4. The molecule has 0 bridgehead atoms. The van der Waals surface area contributed by atoms with E-state index in [1.807, 2.05) is 0 Å². The first-order valence-electron chi connectivity index (χ1n) is 11.2. The van der Waals surface area contributed by atoms with Gasteiger partial charge in [-0.25, -0.2) is 0 Å². The van der Waals surface area contributed by atoms with Crippen molar-refractivity contribution in [3.63, 3.8) is 0 Å². The summed E-state index contributed by atoms with van der Waals surface area (Å²) in [7, 11) is 0. The highest BCUT2D eigenvalue weighted by Gasteiger charge is 2.53. The summed E-state index contributed by atoms with van der Waals surface area (Å²) in [5, 5.41) is 0. The monoisotopic (exact) mass is 338 g/mol. The average molecular weight is 339 g/mol. The third kappa shape index (κ3) is 3.08. The third-order valence-corrected chi connectivity index (χ3v) is 8.58. The maximum Gasteiger partial charge on any atom is -0.0128 e. The number of hydrogen-bond donors (Lipinski definition) is 0. The minimum atomic E-state index is 0.651. The van der Waals surface area contributed by atoms with E-state index in [1.165, 1.54) is 70.6 Å². The zero-order valence-corrected chi connectivity index (χ0v) is 16.8. The molecule has 0 radical (unpaired) electrons. The lowest BCUT2D eigenvalue weighted by Crippen LogP contribution is -2.41. The van der Waals surface area contributed by atoms with E-state index in [2.05, 4.69) is 39.0 Å². The number of hydrogen-bond acceptors (Lipinski definition) is 0. The Kier molecular flexibility index (Phi) is 5.00. The van der Waals surface area contributed by atoms with E-state index in [-0.39, 0.29) is 0 Å². The summed E-state index contributed by atoms with van der Waals surface area (Å²) in [4.78, 5) is 0. The topological polar surface area (TPSA) is 0 Å². The fourth-order valence-electron chi connectivity index (χ4n) is 6.81. The predicted octanol–water partition coefficient (Wildman–Crippen LogP) is 7.30. The molecule has 0 nitrogen and oxygen atoms in total. The summed E-state index contributed by atoms with van der Waals surface area (Å²) in [5.41, 5.74) is 5.71. The number of benzene rings is 1. The van der Waals surface area contributed by atoms with Crippen molar-refractivity contribution in [1.82, 2.24) is 0 Å². The van der Waals surface area contributed by atoms with Crippen molar-refractivity contribution in [2.24, 2.45) is 23.2 Å². The second-order valence-corrected chi connectivity index (χ2v) is 9.78. The summed E-state index contributed by atoms with van der Waals surface area (Å²) in [6, 6.07) is 7.60. The van der Waals surface area contributed by atoms with Crippen LogP contribution in [-0.2, 0) is 12.8 Å². The molecule has 5 unspecified atom stereocenters. The molecule has 3 aliphatic rings. The standard InChI is InChI=1S/C25H38/c1-4-5-6-7-8-19-10-12-21-20(17-19)11-13-23-22(21)15-16-25(3)18(2)9-14-24(23)25/h10,12,17-18,22-24H,4-9,11,13-16H2,1-3H3. The molecule has 0 spiro atoms. The molecule has 0 aromatic heterocycles. The minimum Gasteiger partial charge on any atom is -0.0654 e. The van der Waals surface area contributed by atoms with Gasteiger partial charge in [0.25, 0.3) is 0 Å². The van der Waals surface area contributed by atoms with Crippen LogP contribution in [0.15, 0.2) is 18.2 Å². The average Bonchev–Trinajstić information content (AvgIpc) is 2.93. The number of unbranched alkanes of at least 4 members (excludes halogenated alkanes) is 3. The van der Waals surface area contributed by atoms with Crippen molar-refractivity contribution < 1.29 is 0 Å². The maximum absolute atomic E-state index is 2.63. The molecule has 2 fully saturated rings. The van der Waals surface area contributed by atoms with Gasteiger partial charge in [-0.1, -0.05) is 58.2 Å². The lowest BCUT2D eigenvalue weighted by Gasteiger charge is -2.50. The molecule has 0 heterocycles. The van der Waals surface area contributed by atoms with Crippen LogP contribution in [0.3, 0.4) is 0 Å². The van der Waals surface area contributed by atoms with Gasteiger partial charge in [0.15, 0.2) is 0 Å². The Balaban J connectivity index is 1.49. The molecule has 0 aliphatic heterocycles. The zero-order valence-electron chi connectivity index (χ0n) is 16.8. The van der Waals surface area contributed by atoms with Gasteiger partial charge in [-0.05, 0) is 97.1 Å². The second kappa shape index (κ2) is 7.09. The maximum atomic E-state index is 2.63.